The molecule has 0 saturated carbocycles. The average molecular weight is 177 g/mol. The van der Waals surface area contributed by atoms with Crippen LogP contribution in [0, 0.1) is 6.92 Å². The Bertz CT molecular complexity index is 386. The molecule has 0 unspecified atom stereocenters. The van der Waals surface area contributed by atoms with E-state index in [1.54, 1.807) is 6.20 Å². The van der Waals surface area contributed by atoms with Crippen LogP contribution < -0.4 is 4.57 Å². The van der Waals surface area contributed by atoms with Crippen molar-refractivity contribution >= 4 is 0 Å². The molecule has 4 heteroatoms. The number of nitrogens with zero attached hydrogens (tertiary/aromatic N) is 4. The molecule has 0 amide bonds. The van der Waals surface area contributed by atoms with E-state index in [1.165, 1.54) is 5.82 Å². The summed E-state index contributed by atoms with van der Waals surface area (Å²) in [4.78, 5) is 0. The maximum absolute atomic E-state index is 4.15. The van der Waals surface area contributed by atoms with E-state index < -0.39 is 0 Å². The van der Waals surface area contributed by atoms with Crippen LogP contribution in [0.3, 0.4) is 0 Å². The van der Waals surface area contributed by atoms with Gasteiger partial charge in [-0.2, -0.15) is 5.10 Å². The zero-order valence-corrected chi connectivity index (χ0v) is 7.88. The number of aryl methyl sites for hydroxylation is 1. The maximum atomic E-state index is 4.15. The highest BCUT2D eigenvalue weighted by Gasteiger charge is 2.07. The lowest BCUT2D eigenvalue weighted by atomic mass is 10.6. The fourth-order valence-electron chi connectivity index (χ4n) is 1.29. The summed E-state index contributed by atoms with van der Waals surface area (Å²) >= 11 is 0. The molecule has 4 nitrogen and oxygen atoms in total. The lowest BCUT2D eigenvalue weighted by Crippen LogP contribution is -2.30. The SMILES string of the molecule is Cc1n(Cn2cccn2)cc[n+]1C. The largest absolute Gasteiger partial charge is 0.254 e. The zero-order valence-electron chi connectivity index (χ0n) is 7.88. The monoisotopic (exact) mass is 177 g/mol. The molecule has 0 N–H and O–H groups in total. The molecule has 0 aliphatic carbocycles. The third kappa shape index (κ3) is 1.47. The Balaban J connectivity index is 2.24. The molecule has 2 aromatic heterocycles. The summed E-state index contributed by atoms with van der Waals surface area (Å²) in [6, 6.07) is 1.93. The second-order valence-corrected chi connectivity index (χ2v) is 3.11. The molecule has 0 aliphatic rings. The molecular weight excluding hydrogens is 164 g/mol. The van der Waals surface area contributed by atoms with Crippen LogP contribution >= 0.6 is 0 Å². The van der Waals surface area contributed by atoms with Gasteiger partial charge in [0.2, 0.25) is 0 Å². The fraction of sp³-hybridized carbons (Fsp3) is 0.333. The highest BCUT2D eigenvalue weighted by molar-refractivity contribution is 4.82. The van der Waals surface area contributed by atoms with Gasteiger partial charge in [0.1, 0.15) is 12.4 Å². The van der Waals surface area contributed by atoms with Crippen LogP contribution in [0.5, 0.6) is 0 Å². The van der Waals surface area contributed by atoms with E-state index in [0.717, 1.165) is 6.67 Å². The molecule has 0 bridgehead atoms. The minimum Gasteiger partial charge on any atom is -0.237 e. The highest BCUT2D eigenvalue weighted by atomic mass is 15.3. The Labute approximate surface area is 77.0 Å². The van der Waals surface area contributed by atoms with Crippen LogP contribution in [0.25, 0.3) is 0 Å². The summed E-state index contributed by atoms with van der Waals surface area (Å²) in [7, 11) is 2.04. The Morgan fingerprint density at radius 2 is 2.31 bits per heavy atom. The predicted molar refractivity (Wildman–Crippen MR) is 48.0 cm³/mol. The normalized spacial score (nSPS) is 10.6. The molecule has 0 aromatic carbocycles. The van der Waals surface area contributed by atoms with E-state index >= 15 is 0 Å². The van der Waals surface area contributed by atoms with Crippen LogP contribution in [-0.4, -0.2) is 14.3 Å². The van der Waals surface area contributed by atoms with Crippen molar-refractivity contribution < 1.29 is 4.57 Å². The molecule has 13 heavy (non-hydrogen) atoms. The molecule has 0 aliphatic heterocycles. The van der Waals surface area contributed by atoms with Crippen LogP contribution in [0.1, 0.15) is 5.82 Å². The fourth-order valence-corrected chi connectivity index (χ4v) is 1.29. The summed E-state index contributed by atoms with van der Waals surface area (Å²) in [5.74, 6) is 1.22. The maximum Gasteiger partial charge on any atom is 0.254 e. The van der Waals surface area contributed by atoms with Crippen molar-refractivity contribution in [3.05, 3.63) is 36.7 Å². The van der Waals surface area contributed by atoms with Crippen molar-refractivity contribution in [3.63, 3.8) is 0 Å². The zero-order chi connectivity index (χ0) is 9.26. The number of hydrogen-bond acceptors (Lipinski definition) is 1. The van der Waals surface area contributed by atoms with E-state index in [0.29, 0.717) is 0 Å². The molecule has 0 fully saturated rings. The highest BCUT2D eigenvalue weighted by Crippen LogP contribution is 1.94. The number of hydrogen-bond donors (Lipinski definition) is 0. The van der Waals surface area contributed by atoms with Gasteiger partial charge in [0.15, 0.2) is 6.67 Å². The third-order valence-electron chi connectivity index (χ3n) is 2.25. The number of rotatable bonds is 2. The first kappa shape index (κ1) is 8.04. The third-order valence-corrected chi connectivity index (χ3v) is 2.25. The molecule has 0 saturated heterocycles. The smallest absolute Gasteiger partial charge is 0.237 e. The second-order valence-electron chi connectivity index (χ2n) is 3.11. The van der Waals surface area contributed by atoms with Gasteiger partial charge in [0.05, 0.1) is 7.05 Å². The average Bonchev–Trinajstić information content (AvgIpc) is 2.71. The lowest BCUT2D eigenvalue weighted by Gasteiger charge is -1.98. The van der Waals surface area contributed by atoms with Crippen LogP contribution in [0.15, 0.2) is 30.9 Å². The minimum atomic E-state index is 0.777. The van der Waals surface area contributed by atoms with Gasteiger partial charge >= 0.3 is 0 Å². The van der Waals surface area contributed by atoms with Gasteiger partial charge in [-0.25, -0.2) is 13.8 Å². The lowest BCUT2D eigenvalue weighted by molar-refractivity contribution is -0.677. The van der Waals surface area contributed by atoms with E-state index in [2.05, 4.69) is 27.4 Å². The first-order valence-electron chi connectivity index (χ1n) is 4.26. The Kier molecular flexibility index (Phi) is 1.88. The van der Waals surface area contributed by atoms with Gasteiger partial charge in [-0.15, -0.1) is 0 Å². The van der Waals surface area contributed by atoms with Crippen molar-refractivity contribution in [2.45, 2.75) is 13.6 Å². The first-order valence-corrected chi connectivity index (χ1v) is 4.26. The van der Waals surface area contributed by atoms with Crippen LogP contribution in [-0.2, 0) is 13.7 Å². The van der Waals surface area contributed by atoms with Gasteiger partial charge in [-0.05, 0) is 6.07 Å². The van der Waals surface area contributed by atoms with Crippen molar-refractivity contribution in [3.8, 4) is 0 Å². The Hall–Kier alpha value is -1.58. The number of imidazole rings is 1. The van der Waals surface area contributed by atoms with E-state index in [4.69, 9.17) is 0 Å². The van der Waals surface area contributed by atoms with Gasteiger partial charge in [-0.3, -0.25) is 0 Å². The second kappa shape index (κ2) is 3.05. The Morgan fingerprint density at radius 1 is 1.46 bits per heavy atom. The topological polar surface area (TPSA) is 26.6 Å². The quantitative estimate of drug-likeness (QED) is 0.607. The summed E-state index contributed by atoms with van der Waals surface area (Å²) in [6.07, 6.45) is 7.84. The van der Waals surface area contributed by atoms with Crippen molar-refractivity contribution in [1.29, 1.82) is 0 Å². The summed E-state index contributed by atoms with van der Waals surface area (Å²) < 4.78 is 6.13. The van der Waals surface area contributed by atoms with Crippen molar-refractivity contribution in [1.82, 2.24) is 14.3 Å². The van der Waals surface area contributed by atoms with Gasteiger partial charge in [0.25, 0.3) is 5.82 Å². The number of aromatic nitrogens is 4. The molecule has 2 rings (SSSR count). The van der Waals surface area contributed by atoms with Crippen molar-refractivity contribution in [2.75, 3.05) is 0 Å². The van der Waals surface area contributed by atoms with E-state index in [1.807, 2.05) is 30.2 Å². The molecule has 68 valence electrons. The molecule has 0 spiro atoms. The molecule has 0 radical (unpaired) electrons. The van der Waals surface area contributed by atoms with Gasteiger partial charge in [0, 0.05) is 19.3 Å². The van der Waals surface area contributed by atoms with Crippen molar-refractivity contribution in [2.24, 2.45) is 7.05 Å². The standard InChI is InChI=1S/C9H13N4/c1-9-11(2)6-7-12(9)8-13-5-3-4-10-13/h3-7H,8H2,1-2H3/q+1. The van der Waals surface area contributed by atoms with Crippen LogP contribution in [0.4, 0.5) is 0 Å². The predicted octanol–water partition coefficient (Wildman–Crippen LogP) is 0.323. The molecule has 2 heterocycles. The Morgan fingerprint density at radius 3 is 2.85 bits per heavy atom. The van der Waals surface area contributed by atoms with Crippen LogP contribution in [0.2, 0.25) is 0 Å². The minimum absolute atomic E-state index is 0.777. The summed E-state index contributed by atoms with van der Waals surface area (Å²) in [5.41, 5.74) is 0. The molecule has 0 atom stereocenters. The van der Waals surface area contributed by atoms with Gasteiger partial charge < -0.3 is 0 Å². The van der Waals surface area contributed by atoms with E-state index in [9.17, 15) is 0 Å². The molecular formula is C9H13N4+. The van der Waals surface area contributed by atoms with Gasteiger partial charge in [-0.1, -0.05) is 0 Å². The first-order chi connectivity index (χ1) is 6.27. The summed E-state index contributed by atoms with van der Waals surface area (Å²) in [6.45, 7) is 2.86. The molecule has 2 aromatic rings. The van der Waals surface area contributed by atoms with E-state index in [-0.39, 0.29) is 0 Å². The summed E-state index contributed by atoms with van der Waals surface area (Å²) in [5, 5.41) is 4.15.